The monoisotopic (exact) mass is 275 g/mol. The van der Waals surface area contributed by atoms with E-state index in [-0.39, 0.29) is 5.34 Å². The molecule has 8 heteroatoms. The molecule has 0 aliphatic rings. The summed E-state index contributed by atoms with van der Waals surface area (Å²) in [6.45, 7) is 1.54. The van der Waals surface area contributed by atoms with Gasteiger partial charge in [-0.05, 0) is 6.92 Å². The van der Waals surface area contributed by atoms with Gasteiger partial charge in [0.25, 0.3) is 0 Å². The molecule has 0 aromatic carbocycles. The lowest BCUT2D eigenvalue weighted by Crippen LogP contribution is -2.48. The fourth-order valence-corrected chi connectivity index (χ4v) is 0.702. The van der Waals surface area contributed by atoms with Crippen LogP contribution in [0.5, 0.6) is 0 Å². The van der Waals surface area contributed by atoms with Gasteiger partial charge in [0.05, 0.1) is 18.6 Å². The van der Waals surface area contributed by atoms with E-state index in [0.717, 1.165) is 7.11 Å². The molecule has 0 aliphatic carbocycles. The predicted molar refractivity (Wildman–Crippen MR) is 60.0 cm³/mol. The van der Waals surface area contributed by atoms with Crippen molar-refractivity contribution in [3.05, 3.63) is 0 Å². The third-order valence-corrected chi connectivity index (χ3v) is 1.57. The fraction of sp³-hybridized carbons (Fsp3) is 0.750. The lowest BCUT2D eigenvalue weighted by Gasteiger charge is -2.18. The average molecular weight is 276 g/mol. The molecular formula is C8H15Cl2NO5. The smallest absolute Gasteiger partial charge is 0.407 e. The number of alkyl carbamates (subject to hydrolysis) is 1. The zero-order chi connectivity index (χ0) is 13.1. The third kappa shape index (κ3) is 8.58. The van der Waals surface area contributed by atoms with Gasteiger partial charge in [-0.2, -0.15) is 0 Å². The van der Waals surface area contributed by atoms with E-state index in [1.165, 1.54) is 14.0 Å². The molecule has 0 aromatic heterocycles. The number of carboxylic acid groups (broad SMARTS) is 1. The summed E-state index contributed by atoms with van der Waals surface area (Å²) < 4.78 is 9.02. The molecule has 0 aromatic rings. The number of carboxylic acids is 1. The number of alkyl halides is 2. The van der Waals surface area contributed by atoms with Crippen LogP contribution in [0.25, 0.3) is 0 Å². The number of amides is 1. The van der Waals surface area contributed by atoms with Crippen molar-refractivity contribution in [2.75, 3.05) is 19.6 Å². The normalized spacial score (nSPS) is 12.8. The molecule has 0 rings (SSSR count). The number of carbonyl (C=O) groups is 2. The van der Waals surface area contributed by atoms with Gasteiger partial charge in [0.15, 0.2) is 6.04 Å². The average Bonchev–Trinajstić information content (AvgIpc) is 2.25. The number of hydrogen-bond acceptors (Lipinski definition) is 4. The van der Waals surface area contributed by atoms with Gasteiger partial charge >= 0.3 is 12.1 Å². The lowest BCUT2D eigenvalue weighted by atomic mass is 10.2. The molecule has 0 spiro atoms. The van der Waals surface area contributed by atoms with Crippen LogP contribution in [0.1, 0.15) is 6.92 Å². The molecule has 6 nitrogen and oxygen atoms in total. The summed E-state index contributed by atoms with van der Waals surface area (Å²) in [4.78, 5) is 21.3. The standard InChI is InChI=1S/C7H13NO5.CH2Cl2/c1-4(12-2)5(6(9)10)8-7(11)13-3;2-1-3/h4-5H,1-3H3,(H,8,11)(H,9,10);1H2/t4-,5+;/m1./s1. The van der Waals surface area contributed by atoms with Crippen molar-refractivity contribution in [2.45, 2.75) is 19.1 Å². The molecule has 0 radical (unpaired) electrons. The maximum Gasteiger partial charge on any atom is 0.407 e. The molecule has 2 N–H and O–H groups in total. The number of rotatable bonds is 4. The van der Waals surface area contributed by atoms with Crippen LogP contribution in [-0.4, -0.2) is 48.9 Å². The van der Waals surface area contributed by atoms with E-state index in [1.807, 2.05) is 0 Å². The van der Waals surface area contributed by atoms with Crippen LogP contribution in [0.2, 0.25) is 0 Å². The number of halogens is 2. The SMILES string of the molecule is COC(=O)N[C@H](C(=O)O)[C@@H](C)OC.ClCCl. The number of carbonyl (C=O) groups excluding carboxylic acids is 1. The molecule has 0 fully saturated rings. The molecular weight excluding hydrogens is 261 g/mol. The first kappa shape index (κ1) is 17.7. The Morgan fingerprint density at radius 1 is 1.38 bits per heavy atom. The van der Waals surface area contributed by atoms with Crippen LogP contribution in [0.3, 0.4) is 0 Å². The lowest BCUT2D eigenvalue weighted by molar-refractivity contribution is -0.142. The van der Waals surface area contributed by atoms with Gasteiger partial charge in [0.1, 0.15) is 0 Å². The van der Waals surface area contributed by atoms with E-state index in [9.17, 15) is 9.59 Å². The van der Waals surface area contributed by atoms with Crippen LogP contribution in [0.15, 0.2) is 0 Å². The number of nitrogens with one attached hydrogen (secondary N) is 1. The topological polar surface area (TPSA) is 84.9 Å². The molecule has 2 atom stereocenters. The molecule has 0 unspecified atom stereocenters. The molecule has 16 heavy (non-hydrogen) atoms. The van der Waals surface area contributed by atoms with Gasteiger partial charge in [-0.15, -0.1) is 23.2 Å². The highest BCUT2D eigenvalue weighted by Crippen LogP contribution is 1.98. The first-order chi connectivity index (χ1) is 7.44. The van der Waals surface area contributed by atoms with E-state index >= 15 is 0 Å². The van der Waals surface area contributed by atoms with Crippen molar-refractivity contribution in [3.63, 3.8) is 0 Å². The molecule has 96 valence electrons. The van der Waals surface area contributed by atoms with Gasteiger partial charge < -0.3 is 19.9 Å². The minimum absolute atomic E-state index is 0.194. The summed E-state index contributed by atoms with van der Waals surface area (Å²) in [6, 6.07) is -1.10. The summed E-state index contributed by atoms with van der Waals surface area (Å²) in [5.74, 6) is -1.17. The van der Waals surface area contributed by atoms with Gasteiger partial charge in [-0.25, -0.2) is 9.59 Å². The van der Waals surface area contributed by atoms with Crippen LogP contribution >= 0.6 is 23.2 Å². The molecule has 0 bridgehead atoms. The maximum atomic E-state index is 10.7. The Hall–Kier alpha value is -0.720. The van der Waals surface area contributed by atoms with Crippen LogP contribution in [0.4, 0.5) is 4.79 Å². The van der Waals surface area contributed by atoms with E-state index in [0.29, 0.717) is 0 Å². The summed E-state index contributed by atoms with van der Waals surface area (Å²) >= 11 is 9.53. The second-order valence-electron chi connectivity index (χ2n) is 2.49. The van der Waals surface area contributed by atoms with Gasteiger partial charge in [0.2, 0.25) is 0 Å². The van der Waals surface area contributed by atoms with Crippen LogP contribution in [-0.2, 0) is 14.3 Å². The fourth-order valence-electron chi connectivity index (χ4n) is 0.702. The highest BCUT2D eigenvalue weighted by atomic mass is 35.5. The maximum absolute atomic E-state index is 10.7. The Labute approximate surface area is 104 Å². The van der Waals surface area contributed by atoms with Crippen molar-refractivity contribution < 1.29 is 24.2 Å². The molecule has 0 saturated carbocycles. The predicted octanol–water partition coefficient (Wildman–Crippen LogP) is 1.25. The zero-order valence-electron chi connectivity index (χ0n) is 9.20. The number of ether oxygens (including phenoxy) is 2. The summed E-state index contributed by atoms with van der Waals surface area (Å²) in [6.07, 6.45) is -1.41. The summed E-state index contributed by atoms with van der Waals surface area (Å²) in [7, 11) is 2.52. The van der Waals surface area contributed by atoms with E-state index in [2.05, 4.69) is 10.1 Å². The molecule has 0 aliphatic heterocycles. The van der Waals surface area contributed by atoms with E-state index in [4.69, 9.17) is 33.0 Å². The summed E-state index contributed by atoms with van der Waals surface area (Å²) in [5.41, 5.74) is 0. The Morgan fingerprint density at radius 3 is 2.06 bits per heavy atom. The summed E-state index contributed by atoms with van der Waals surface area (Å²) in [5, 5.41) is 11.0. The first-order valence-electron chi connectivity index (χ1n) is 4.16. The van der Waals surface area contributed by atoms with Gasteiger partial charge in [-0.3, -0.25) is 0 Å². The second kappa shape index (κ2) is 10.8. The Bertz CT molecular complexity index is 215. The first-order valence-corrected chi connectivity index (χ1v) is 5.23. The van der Waals surface area contributed by atoms with Crippen LogP contribution in [0, 0.1) is 0 Å². The Kier molecular flexibility index (Phi) is 11.9. The number of methoxy groups -OCH3 is 2. The minimum Gasteiger partial charge on any atom is -0.480 e. The highest BCUT2D eigenvalue weighted by Gasteiger charge is 2.26. The van der Waals surface area contributed by atoms with Crippen molar-refractivity contribution in [1.29, 1.82) is 0 Å². The van der Waals surface area contributed by atoms with E-state index < -0.39 is 24.2 Å². The zero-order valence-corrected chi connectivity index (χ0v) is 10.7. The van der Waals surface area contributed by atoms with Crippen molar-refractivity contribution in [2.24, 2.45) is 0 Å². The largest absolute Gasteiger partial charge is 0.480 e. The van der Waals surface area contributed by atoms with E-state index in [1.54, 1.807) is 0 Å². The third-order valence-electron chi connectivity index (χ3n) is 1.57. The Morgan fingerprint density at radius 2 is 1.81 bits per heavy atom. The number of aliphatic carboxylic acids is 1. The van der Waals surface area contributed by atoms with Crippen molar-refractivity contribution >= 4 is 35.3 Å². The minimum atomic E-state index is -1.17. The quantitative estimate of drug-likeness (QED) is 0.755. The number of hydrogen-bond donors (Lipinski definition) is 2. The van der Waals surface area contributed by atoms with Gasteiger partial charge in [-0.1, -0.05) is 0 Å². The molecule has 0 heterocycles. The second-order valence-corrected chi connectivity index (χ2v) is 3.30. The Balaban J connectivity index is 0. The molecule has 0 saturated heterocycles. The van der Waals surface area contributed by atoms with Crippen LogP contribution < -0.4 is 5.32 Å². The van der Waals surface area contributed by atoms with Crippen molar-refractivity contribution in [1.82, 2.24) is 5.32 Å². The van der Waals surface area contributed by atoms with Crippen molar-refractivity contribution in [3.8, 4) is 0 Å². The molecule has 1 amide bonds. The van der Waals surface area contributed by atoms with Gasteiger partial charge in [0, 0.05) is 7.11 Å². The highest BCUT2D eigenvalue weighted by molar-refractivity contribution is 6.40.